The minimum absolute atomic E-state index is 0.0640. The number of aryl methyl sites for hydroxylation is 1. The van der Waals surface area contributed by atoms with Crippen molar-refractivity contribution in [2.45, 2.75) is 65.1 Å². The van der Waals surface area contributed by atoms with E-state index < -0.39 is 6.85 Å². The number of benzene rings is 1. The topological polar surface area (TPSA) is 40.5 Å². The van der Waals surface area contributed by atoms with Gasteiger partial charge in [-0.1, -0.05) is 43.5 Å². The molecule has 0 saturated carbocycles. The number of hydrogen-bond donors (Lipinski definition) is 2. The summed E-state index contributed by atoms with van der Waals surface area (Å²) < 4.78 is 21.7. The second kappa shape index (κ2) is 7.72. The summed E-state index contributed by atoms with van der Waals surface area (Å²) in [5, 5.41) is 21.2. The average Bonchev–Trinajstić information content (AvgIpc) is 2.50. The molecule has 2 rings (SSSR count). The van der Waals surface area contributed by atoms with Crippen molar-refractivity contribution in [1.29, 1.82) is 0 Å². The third-order valence-electron chi connectivity index (χ3n) is 4.80. The first kappa shape index (κ1) is 13.7. The quantitative estimate of drug-likeness (QED) is 0.510. The Labute approximate surface area is 144 Å². The molecule has 0 heterocycles. The van der Waals surface area contributed by atoms with Crippen molar-refractivity contribution in [2.24, 2.45) is 5.92 Å². The maximum atomic E-state index is 10.6. The molecule has 0 spiro atoms. The van der Waals surface area contributed by atoms with E-state index in [2.05, 4.69) is 19.6 Å². The van der Waals surface area contributed by atoms with Crippen molar-refractivity contribution in [3.63, 3.8) is 0 Å². The van der Waals surface area contributed by atoms with Gasteiger partial charge in [-0.05, 0) is 63.1 Å². The maximum absolute atomic E-state index is 10.6. The minimum atomic E-state index is -1.89. The van der Waals surface area contributed by atoms with Gasteiger partial charge in [0.2, 0.25) is 0 Å². The third-order valence-corrected chi connectivity index (χ3v) is 4.80. The molecule has 2 atom stereocenters. The molecule has 0 aliphatic heterocycles. The molecule has 0 bridgehead atoms. The van der Waals surface area contributed by atoms with Crippen molar-refractivity contribution in [1.82, 2.24) is 0 Å². The Kier molecular flexibility index (Phi) is 4.60. The van der Waals surface area contributed by atoms with Gasteiger partial charge in [0.1, 0.15) is 11.5 Å². The van der Waals surface area contributed by atoms with E-state index >= 15 is 0 Å². The zero-order valence-electron chi connectivity index (χ0n) is 17.2. The first-order valence-corrected chi connectivity index (χ1v) is 8.46. The summed E-state index contributed by atoms with van der Waals surface area (Å²) in [7, 11) is 0. The Morgan fingerprint density at radius 2 is 2.00 bits per heavy atom. The molecule has 23 heavy (non-hydrogen) atoms. The monoisotopic (exact) mass is 317 g/mol. The van der Waals surface area contributed by atoms with Crippen LogP contribution in [-0.4, -0.2) is 10.2 Å². The van der Waals surface area contributed by atoms with Gasteiger partial charge in [-0.2, -0.15) is 0 Å². The molecule has 1 aromatic rings. The summed E-state index contributed by atoms with van der Waals surface area (Å²) in [5.74, 6) is 0.363. The first-order chi connectivity index (χ1) is 12.1. The molecule has 2 N–H and O–H groups in total. The van der Waals surface area contributed by atoms with Gasteiger partial charge in [0.05, 0.1) is 0 Å². The Balaban J connectivity index is 2.18. The van der Waals surface area contributed by atoms with Crippen molar-refractivity contribution >= 4 is 0 Å². The molecule has 2 heteroatoms. The van der Waals surface area contributed by atoms with Crippen molar-refractivity contribution < 1.29 is 14.3 Å². The van der Waals surface area contributed by atoms with E-state index in [1.165, 1.54) is 5.57 Å². The van der Waals surface area contributed by atoms with Gasteiger partial charge in [-0.15, -0.1) is 0 Å². The first-order valence-electron chi connectivity index (χ1n) is 9.96. The van der Waals surface area contributed by atoms with Crippen LogP contribution in [0, 0.1) is 5.92 Å². The molecule has 0 aromatic heterocycles. The molecular weight excluding hydrogens is 284 g/mol. The molecule has 1 aliphatic rings. The molecule has 0 unspecified atom stereocenters. The largest absolute Gasteiger partial charge is 0.507 e. The Morgan fingerprint density at radius 3 is 2.61 bits per heavy atom. The van der Waals surface area contributed by atoms with E-state index in [1.807, 2.05) is 6.92 Å². The molecule has 0 radical (unpaired) electrons. The number of hydrogen-bond acceptors (Lipinski definition) is 2. The van der Waals surface area contributed by atoms with Crippen LogP contribution in [0.3, 0.4) is 0 Å². The zero-order valence-corrected chi connectivity index (χ0v) is 14.2. The van der Waals surface area contributed by atoms with Crippen molar-refractivity contribution in [2.75, 3.05) is 0 Å². The highest BCUT2D eigenvalue weighted by atomic mass is 16.3. The van der Waals surface area contributed by atoms with Gasteiger partial charge in [-0.3, -0.25) is 0 Å². The molecule has 1 aromatic carbocycles. The average molecular weight is 317 g/mol. The highest BCUT2D eigenvalue weighted by Gasteiger charge is 2.29. The number of allylic oxidation sites excluding steroid dienone is 3. The van der Waals surface area contributed by atoms with E-state index in [0.29, 0.717) is 24.8 Å². The standard InChI is InChI=1S/C21H30O2/c1-5-6-7-8-16-12-19(22)21(20(23)13-16)18-11-15(4)9-10-17(18)14(2)3/h11-13,17-18,22-23H,2,5-10H2,1,3-4H3/t17-,18+/m0/s1/i1D3. The number of phenols is 2. The van der Waals surface area contributed by atoms with Crippen LogP contribution in [0.25, 0.3) is 0 Å². The molecule has 1 aliphatic carbocycles. The summed E-state index contributed by atoms with van der Waals surface area (Å²) in [6.07, 6.45) is 6.26. The lowest BCUT2D eigenvalue weighted by Crippen LogP contribution is -2.17. The second-order valence-electron chi connectivity index (χ2n) is 6.79. The maximum Gasteiger partial charge on any atom is 0.123 e. The molecule has 2 nitrogen and oxygen atoms in total. The Morgan fingerprint density at radius 1 is 1.30 bits per heavy atom. The SMILES string of the molecule is [2H]C([2H])([2H])CCCCc1cc(O)c([C@@H]2C=C(C)CC[C@H]2C(=C)C)c(O)c1. The third kappa shape index (κ3) is 4.19. The smallest absolute Gasteiger partial charge is 0.123 e. The summed E-state index contributed by atoms with van der Waals surface area (Å²) in [6.45, 7) is 6.27. The fraction of sp³-hybridized carbons (Fsp3) is 0.524. The number of aromatic hydroxyl groups is 2. The Hall–Kier alpha value is -1.70. The minimum Gasteiger partial charge on any atom is -0.507 e. The molecular formula is C21H30O2. The summed E-state index contributed by atoms with van der Waals surface area (Å²) in [4.78, 5) is 0. The second-order valence-corrected chi connectivity index (χ2v) is 6.79. The van der Waals surface area contributed by atoms with Crippen LogP contribution < -0.4 is 0 Å². The number of rotatable bonds is 6. The van der Waals surface area contributed by atoms with Crippen LogP contribution in [0.5, 0.6) is 11.5 Å². The number of unbranched alkanes of at least 4 members (excludes halogenated alkanes) is 1. The van der Waals surface area contributed by atoms with Gasteiger partial charge in [0, 0.05) is 15.6 Å². The predicted octanol–water partition coefficient (Wildman–Crippen LogP) is 5.85. The van der Waals surface area contributed by atoms with Gasteiger partial charge in [0.25, 0.3) is 0 Å². The van der Waals surface area contributed by atoms with Crippen LogP contribution in [0.2, 0.25) is 0 Å². The van der Waals surface area contributed by atoms with Crippen LogP contribution >= 0.6 is 0 Å². The van der Waals surface area contributed by atoms with Gasteiger partial charge >= 0.3 is 0 Å². The highest BCUT2D eigenvalue weighted by molar-refractivity contribution is 5.51. The normalized spacial score (nSPS) is 23.6. The van der Waals surface area contributed by atoms with Crippen LogP contribution in [-0.2, 0) is 6.42 Å². The van der Waals surface area contributed by atoms with Crippen molar-refractivity contribution in [3.8, 4) is 11.5 Å². The van der Waals surface area contributed by atoms with Gasteiger partial charge in [0.15, 0.2) is 0 Å². The van der Waals surface area contributed by atoms with Gasteiger partial charge < -0.3 is 10.2 Å². The zero-order chi connectivity index (χ0) is 19.5. The van der Waals surface area contributed by atoms with Crippen LogP contribution in [0.4, 0.5) is 0 Å². The van der Waals surface area contributed by atoms with E-state index in [9.17, 15) is 10.2 Å². The highest BCUT2D eigenvalue weighted by Crippen LogP contribution is 2.46. The summed E-state index contributed by atoms with van der Waals surface area (Å²) in [6, 6.07) is 3.41. The predicted molar refractivity (Wildman–Crippen MR) is 97.0 cm³/mol. The lowest BCUT2D eigenvalue weighted by atomic mass is 9.73. The van der Waals surface area contributed by atoms with Crippen LogP contribution in [0.15, 0.2) is 35.9 Å². The molecule has 0 amide bonds. The number of phenolic OH excluding ortho intramolecular Hbond substituents is 2. The van der Waals surface area contributed by atoms with E-state index in [1.54, 1.807) is 12.1 Å². The Bertz CT molecular complexity index is 666. The van der Waals surface area contributed by atoms with E-state index in [0.717, 1.165) is 24.0 Å². The lowest BCUT2D eigenvalue weighted by Gasteiger charge is -2.31. The van der Waals surface area contributed by atoms with E-state index in [-0.39, 0.29) is 29.8 Å². The van der Waals surface area contributed by atoms with Crippen molar-refractivity contribution in [3.05, 3.63) is 47.1 Å². The fourth-order valence-corrected chi connectivity index (χ4v) is 3.53. The van der Waals surface area contributed by atoms with Gasteiger partial charge in [-0.25, -0.2) is 0 Å². The van der Waals surface area contributed by atoms with Crippen LogP contribution in [0.1, 0.15) is 74.0 Å². The molecule has 126 valence electrons. The summed E-state index contributed by atoms with van der Waals surface area (Å²) in [5.41, 5.74) is 3.73. The lowest BCUT2D eigenvalue weighted by molar-refractivity contribution is 0.406. The molecule has 0 fully saturated rings. The molecule has 0 saturated heterocycles. The summed E-state index contributed by atoms with van der Waals surface area (Å²) >= 11 is 0. The van der Waals surface area contributed by atoms with E-state index in [4.69, 9.17) is 4.11 Å². The fourth-order valence-electron chi connectivity index (χ4n) is 3.53.